The number of aryl methyl sites for hydroxylation is 1. The Balaban J connectivity index is 1.78. The number of halogens is 1. The molecule has 100 valence electrons. The van der Waals surface area contributed by atoms with Crippen LogP contribution < -0.4 is 5.32 Å². The molecule has 0 bridgehead atoms. The molecule has 0 aromatic heterocycles. The largest absolute Gasteiger partial charge is 0.316 e. The Morgan fingerprint density at radius 2 is 2.28 bits per heavy atom. The van der Waals surface area contributed by atoms with Gasteiger partial charge in [-0.1, -0.05) is 12.1 Å². The van der Waals surface area contributed by atoms with Crippen LogP contribution in [-0.4, -0.2) is 31.6 Å². The number of rotatable bonds is 5. The van der Waals surface area contributed by atoms with Crippen molar-refractivity contribution in [1.29, 1.82) is 0 Å². The molecular formula is C15H23FN2. The highest BCUT2D eigenvalue weighted by Crippen LogP contribution is 2.14. The number of nitrogens with zero attached hydrogens (tertiary/aromatic N) is 1. The molecule has 3 heteroatoms. The Labute approximate surface area is 109 Å². The zero-order valence-electron chi connectivity index (χ0n) is 11.4. The van der Waals surface area contributed by atoms with E-state index in [1.807, 2.05) is 19.1 Å². The first kappa shape index (κ1) is 13.5. The quantitative estimate of drug-likeness (QED) is 0.864. The highest BCUT2D eigenvalue weighted by Gasteiger charge is 2.14. The molecule has 0 aliphatic carbocycles. The van der Waals surface area contributed by atoms with Gasteiger partial charge in [0.2, 0.25) is 0 Å². The van der Waals surface area contributed by atoms with Crippen molar-refractivity contribution in [2.45, 2.75) is 26.3 Å². The summed E-state index contributed by atoms with van der Waals surface area (Å²) in [5, 5.41) is 3.40. The first-order chi connectivity index (χ1) is 8.65. The van der Waals surface area contributed by atoms with Gasteiger partial charge >= 0.3 is 0 Å². The monoisotopic (exact) mass is 250 g/mol. The second-order valence-corrected chi connectivity index (χ2v) is 5.47. The first-order valence-electron chi connectivity index (χ1n) is 6.79. The minimum absolute atomic E-state index is 0.113. The lowest BCUT2D eigenvalue weighted by Crippen LogP contribution is -2.22. The Morgan fingerprint density at radius 3 is 2.94 bits per heavy atom. The van der Waals surface area contributed by atoms with E-state index in [2.05, 4.69) is 17.3 Å². The van der Waals surface area contributed by atoms with Gasteiger partial charge in [-0.05, 0) is 69.6 Å². The van der Waals surface area contributed by atoms with Gasteiger partial charge in [-0.2, -0.15) is 0 Å². The van der Waals surface area contributed by atoms with E-state index in [1.165, 1.54) is 31.5 Å². The summed E-state index contributed by atoms with van der Waals surface area (Å²) in [6.07, 6.45) is 2.56. The summed E-state index contributed by atoms with van der Waals surface area (Å²) in [6, 6.07) is 5.40. The SMILES string of the molecule is Cc1cc(CN(C)CCC2CCNC2)ccc1F. The molecule has 2 nitrogen and oxygen atoms in total. The molecule has 1 unspecified atom stereocenters. The molecule has 0 amide bonds. The maximum Gasteiger partial charge on any atom is 0.126 e. The maximum absolute atomic E-state index is 13.2. The van der Waals surface area contributed by atoms with Crippen LogP contribution in [0, 0.1) is 18.7 Å². The molecule has 1 heterocycles. The zero-order valence-corrected chi connectivity index (χ0v) is 11.4. The van der Waals surface area contributed by atoms with Crippen molar-refractivity contribution >= 4 is 0 Å². The van der Waals surface area contributed by atoms with Gasteiger partial charge in [0, 0.05) is 6.54 Å². The normalized spacial score (nSPS) is 19.7. The third-order valence-corrected chi connectivity index (χ3v) is 3.76. The first-order valence-corrected chi connectivity index (χ1v) is 6.79. The van der Waals surface area contributed by atoms with E-state index >= 15 is 0 Å². The van der Waals surface area contributed by atoms with Crippen molar-refractivity contribution in [2.75, 3.05) is 26.7 Å². The van der Waals surface area contributed by atoms with Crippen molar-refractivity contribution < 1.29 is 4.39 Å². The predicted molar refractivity (Wildman–Crippen MR) is 73.1 cm³/mol. The summed E-state index contributed by atoms with van der Waals surface area (Å²) in [5.74, 6) is 0.723. The van der Waals surface area contributed by atoms with Gasteiger partial charge in [-0.15, -0.1) is 0 Å². The number of nitrogens with one attached hydrogen (secondary N) is 1. The molecule has 1 aromatic rings. The molecule has 1 fully saturated rings. The second-order valence-electron chi connectivity index (χ2n) is 5.47. The summed E-state index contributed by atoms with van der Waals surface area (Å²) in [5.41, 5.74) is 1.93. The minimum atomic E-state index is -0.113. The van der Waals surface area contributed by atoms with Gasteiger partial charge in [-0.25, -0.2) is 4.39 Å². The molecule has 1 aromatic carbocycles. The van der Waals surface area contributed by atoms with Gasteiger partial charge in [-0.3, -0.25) is 0 Å². The lowest BCUT2D eigenvalue weighted by Gasteiger charge is -2.19. The number of hydrogen-bond acceptors (Lipinski definition) is 2. The zero-order chi connectivity index (χ0) is 13.0. The van der Waals surface area contributed by atoms with Crippen molar-refractivity contribution in [3.8, 4) is 0 Å². The Morgan fingerprint density at radius 1 is 1.44 bits per heavy atom. The van der Waals surface area contributed by atoms with Crippen LogP contribution in [0.5, 0.6) is 0 Å². The fraction of sp³-hybridized carbons (Fsp3) is 0.600. The molecule has 1 atom stereocenters. The van der Waals surface area contributed by atoms with Crippen LogP contribution in [-0.2, 0) is 6.54 Å². The molecule has 1 N–H and O–H groups in total. The van der Waals surface area contributed by atoms with E-state index in [0.717, 1.165) is 24.6 Å². The summed E-state index contributed by atoms with van der Waals surface area (Å²) >= 11 is 0. The Hall–Kier alpha value is -0.930. The average Bonchev–Trinajstić information content (AvgIpc) is 2.84. The van der Waals surface area contributed by atoms with Crippen molar-refractivity contribution in [3.63, 3.8) is 0 Å². The summed E-state index contributed by atoms with van der Waals surface area (Å²) in [6.45, 7) is 6.18. The van der Waals surface area contributed by atoms with E-state index in [0.29, 0.717) is 0 Å². The topological polar surface area (TPSA) is 15.3 Å². The third kappa shape index (κ3) is 3.79. The summed E-state index contributed by atoms with van der Waals surface area (Å²) in [4.78, 5) is 2.32. The van der Waals surface area contributed by atoms with Crippen LogP contribution in [0.4, 0.5) is 4.39 Å². The van der Waals surface area contributed by atoms with Crippen LogP contribution >= 0.6 is 0 Å². The molecule has 18 heavy (non-hydrogen) atoms. The van der Waals surface area contributed by atoms with E-state index in [-0.39, 0.29) is 5.82 Å². The van der Waals surface area contributed by atoms with E-state index in [9.17, 15) is 4.39 Å². The molecule has 1 aliphatic heterocycles. The van der Waals surface area contributed by atoms with Crippen molar-refractivity contribution in [3.05, 3.63) is 35.1 Å². The maximum atomic E-state index is 13.2. The lowest BCUT2D eigenvalue weighted by atomic mass is 10.0. The standard InChI is InChI=1S/C15H23FN2/c1-12-9-14(3-4-15(12)16)11-18(2)8-6-13-5-7-17-10-13/h3-4,9,13,17H,5-8,10-11H2,1-2H3. The summed E-state index contributed by atoms with van der Waals surface area (Å²) < 4.78 is 13.2. The fourth-order valence-electron chi connectivity index (χ4n) is 2.56. The van der Waals surface area contributed by atoms with E-state index < -0.39 is 0 Å². The van der Waals surface area contributed by atoms with Gasteiger partial charge < -0.3 is 10.2 Å². The highest BCUT2D eigenvalue weighted by atomic mass is 19.1. The molecule has 0 spiro atoms. The van der Waals surface area contributed by atoms with Gasteiger partial charge in [0.25, 0.3) is 0 Å². The smallest absolute Gasteiger partial charge is 0.126 e. The van der Waals surface area contributed by atoms with Crippen LogP contribution in [0.1, 0.15) is 24.0 Å². The molecule has 2 rings (SSSR count). The predicted octanol–water partition coefficient (Wildman–Crippen LogP) is 2.57. The third-order valence-electron chi connectivity index (χ3n) is 3.76. The molecule has 0 saturated carbocycles. The Bertz CT molecular complexity index is 386. The molecule has 1 aliphatic rings. The van der Waals surface area contributed by atoms with E-state index in [1.54, 1.807) is 6.07 Å². The van der Waals surface area contributed by atoms with Crippen LogP contribution in [0.15, 0.2) is 18.2 Å². The van der Waals surface area contributed by atoms with Crippen LogP contribution in [0.2, 0.25) is 0 Å². The molecular weight excluding hydrogens is 227 g/mol. The Kier molecular flexibility index (Phi) is 4.72. The van der Waals surface area contributed by atoms with Crippen molar-refractivity contribution in [2.24, 2.45) is 5.92 Å². The molecule has 1 saturated heterocycles. The van der Waals surface area contributed by atoms with Crippen molar-refractivity contribution in [1.82, 2.24) is 10.2 Å². The molecule has 0 radical (unpaired) electrons. The second kappa shape index (κ2) is 6.30. The number of hydrogen-bond donors (Lipinski definition) is 1. The van der Waals surface area contributed by atoms with Crippen LogP contribution in [0.3, 0.4) is 0 Å². The lowest BCUT2D eigenvalue weighted by molar-refractivity contribution is 0.298. The highest BCUT2D eigenvalue weighted by molar-refractivity contribution is 5.23. The minimum Gasteiger partial charge on any atom is -0.316 e. The van der Waals surface area contributed by atoms with Gasteiger partial charge in [0.15, 0.2) is 0 Å². The van der Waals surface area contributed by atoms with Gasteiger partial charge in [0.05, 0.1) is 0 Å². The average molecular weight is 250 g/mol. The van der Waals surface area contributed by atoms with E-state index in [4.69, 9.17) is 0 Å². The summed E-state index contributed by atoms with van der Waals surface area (Å²) in [7, 11) is 2.14. The fourth-order valence-corrected chi connectivity index (χ4v) is 2.56. The van der Waals surface area contributed by atoms with Gasteiger partial charge in [0.1, 0.15) is 5.82 Å². The van der Waals surface area contributed by atoms with Crippen LogP contribution in [0.25, 0.3) is 0 Å². The number of benzene rings is 1.